The molecule has 0 aliphatic carbocycles. The van der Waals surface area contributed by atoms with E-state index in [9.17, 15) is 4.79 Å². The monoisotopic (exact) mass is 304 g/mol. The fraction of sp³-hybridized carbons (Fsp3) is 0.333. The Hall–Kier alpha value is -1.30. The molecule has 0 radical (unpaired) electrons. The van der Waals surface area contributed by atoms with E-state index in [0.29, 0.717) is 13.1 Å². The summed E-state index contributed by atoms with van der Waals surface area (Å²) in [5, 5.41) is 2.80. The van der Waals surface area contributed by atoms with E-state index in [2.05, 4.69) is 15.3 Å². The van der Waals surface area contributed by atoms with Crippen molar-refractivity contribution < 1.29 is 4.79 Å². The number of H-pyrrole nitrogens is 1. The van der Waals surface area contributed by atoms with Gasteiger partial charge in [0, 0.05) is 12.5 Å². The second-order valence-electron chi connectivity index (χ2n) is 4.06. The molecule has 0 aliphatic heterocycles. The molecule has 5 nitrogen and oxygen atoms in total. The zero-order valence-electron chi connectivity index (χ0n) is 10.6. The Morgan fingerprint density at radius 2 is 2.11 bits per heavy atom. The standard InChI is InChI=1S/C12H16N4O.2ClH/c1-8(6-13)12(17)14-7-11-15-9-4-2-3-5-10(9)16-11;;/h2-5,8H,6-7,13H2,1H3,(H,14,17)(H,15,16);2*1H. The van der Waals surface area contributed by atoms with Crippen molar-refractivity contribution in [1.29, 1.82) is 0 Å². The zero-order valence-corrected chi connectivity index (χ0v) is 12.2. The first-order valence-electron chi connectivity index (χ1n) is 5.62. The lowest BCUT2D eigenvalue weighted by molar-refractivity contribution is -0.124. The molecule has 4 N–H and O–H groups in total. The van der Waals surface area contributed by atoms with Crippen LogP contribution in [0.25, 0.3) is 11.0 Å². The third-order valence-corrected chi connectivity index (χ3v) is 2.67. The van der Waals surface area contributed by atoms with E-state index < -0.39 is 0 Å². The second kappa shape index (κ2) is 7.99. The molecule has 0 saturated heterocycles. The second-order valence-corrected chi connectivity index (χ2v) is 4.06. The number of amides is 1. The average Bonchev–Trinajstić information content (AvgIpc) is 2.77. The van der Waals surface area contributed by atoms with E-state index >= 15 is 0 Å². The van der Waals surface area contributed by atoms with Gasteiger partial charge < -0.3 is 16.0 Å². The normalized spacial score (nSPS) is 11.3. The van der Waals surface area contributed by atoms with Gasteiger partial charge in [0.2, 0.25) is 5.91 Å². The molecule has 2 rings (SSSR count). The summed E-state index contributed by atoms with van der Waals surface area (Å²) in [4.78, 5) is 19.0. The molecular weight excluding hydrogens is 287 g/mol. The van der Waals surface area contributed by atoms with Gasteiger partial charge in [-0.1, -0.05) is 19.1 Å². The number of hydrogen-bond acceptors (Lipinski definition) is 3. The predicted octanol–water partition coefficient (Wildman–Crippen LogP) is 1.62. The molecule has 1 aromatic heterocycles. The minimum absolute atomic E-state index is 0. The van der Waals surface area contributed by atoms with Gasteiger partial charge >= 0.3 is 0 Å². The van der Waals surface area contributed by atoms with Crippen LogP contribution in [0.4, 0.5) is 0 Å². The van der Waals surface area contributed by atoms with Gasteiger partial charge in [0.1, 0.15) is 5.82 Å². The van der Waals surface area contributed by atoms with Crippen LogP contribution in [0.2, 0.25) is 0 Å². The molecule has 0 bridgehead atoms. The fourth-order valence-corrected chi connectivity index (χ4v) is 1.54. The van der Waals surface area contributed by atoms with Crippen molar-refractivity contribution in [3.63, 3.8) is 0 Å². The first-order valence-corrected chi connectivity index (χ1v) is 5.62. The molecule has 7 heteroatoms. The molecule has 106 valence electrons. The lowest BCUT2D eigenvalue weighted by Crippen LogP contribution is -2.33. The van der Waals surface area contributed by atoms with Crippen LogP contribution in [0.1, 0.15) is 12.7 Å². The van der Waals surface area contributed by atoms with E-state index in [-0.39, 0.29) is 36.6 Å². The van der Waals surface area contributed by atoms with Crippen molar-refractivity contribution in [2.75, 3.05) is 6.54 Å². The number of nitrogens with two attached hydrogens (primary N) is 1. The van der Waals surface area contributed by atoms with Crippen LogP contribution in [0.5, 0.6) is 0 Å². The molecule has 0 saturated carbocycles. The summed E-state index contributed by atoms with van der Waals surface area (Å²) in [5.41, 5.74) is 7.30. The number of benzene rings is 1. The van der Waals surface area contributed by atoms with E-state index in [0.717, 1.165) is 16.9 Å². The third-order valence-electron chi connectivity index (χ3n) is 2.67. The van der Waals surface area contributed by atoms with E-state index in [1.807, 2.05) is 24.3 Å². The van der Waals surface area contributed by atoms with Crippen molar-refractivity contribution in [3.8, 4) is 0 Å². The summed E-state index contributed by atoms with van der Waals surface area (Å²) < 4.78 is 0. The zero-order chi connectivity index (χ0) is 12.3. The van der Waals surface area contributed by atoms with Gasteiger partial charge in [-0.3, -0.25) is 4.79 Å². The summed E-state index contributed by atoms with van der Waals surface area (Å²) in [6, 6.07) is 7.76. The highest BCUT2D eigenvalue weighted by Crippen LogP contribution is 2.09. The first-order chi connectivity index (χ1) is 8.20. The molecule has 0 aliphatic rings. The number of nitrogens with one attached hydrogen (secondary N) is 2. The number of fused-ring (bicyclic) bond motifs is 1. The summed E-state index contributed by atoms with van der Waals surface area (Å²) >= 11 is 0. The Kier molecular flexibility index (Phi) is 7.44. The molecule has 0 fully saturated rings. The number of rotatable bonds is 4. The number of aromatic amines is 1. The largest absolute Gasteiger partial charge is 0.349 e. The Bertz CT molecular complexity index is 496. The smallest absolute Gasteiger partial charge is 0.224 e. The van der Waals surface area contributed by atoms with Crippen molar-refractivity contribution in [1.82, 2.24) is 15.3 Å². The van der Waals surface area contributed by atoms with Gasteiger partial charge in [0.05, 0.1) is 17.6 Å². The quantitative estimate of drug-likeness (QED) is 0.802. The van der Waals surface area contributed by atoms with E-state index in [1.54, 1.807) is 6.92 Å². The lowest BCUT2D eigenvalue weighted by Gasteiger charge is -2.07. The third kappa shape index (κ3) is 4.38. The topological polar surface area (TPSA) is 83.8 Å². The first kappa shape index (κ1) is 17.7. The number of hydrogen-bond donors (Lipinski definition) is 3. The van der Waals surface area contributed by atoms with Crippen molar-refractivity contribution >= 4 is 41.8 Å². The van der Waals surface area contributed by atoms with Crippen molar-refractivity contribution in [3.05, 3.63) is 30.1 Å². The van der Waals surface area contributed by atoms with Gasteiger partial charge in [0.25, 0.3) is 0 Å². The van der Waals surface area contributed by atoms with Gasteiger partial charge in [-0.2, -0.15) is 0 Å². The van der Waals surface area contributed by atoms with Crippen LogP contribution in [0.15, 0.2) is 24.3 Å². The Morgan fingerprint density at radius 1 is 1.42 bits per heavy atom. The van der Waals surface area contributed by atoms with E-state index in [4.69, 9.17) is 5.73 Å². The van der Waals surface area contributed by atoms with Gasteiger partial charge in [-0.25, -0.2) is 4.98 Å². The highest BCUT2D eigenvalue weighted by molar-refractivity contribution is 5.85. The highest BCUT2D eigenvalue weighted by Gasteiger charge is 2.10. The molecule has 1 unspecified atom stereocenters. The van der Waals surface area contributed by atoms with Crippen LogP contribution in [0, 0.1) is 5.92 Å². The SMILES string of the molecule is CC(CN)C(=O)NCc1nc2ccccc2[nH]1.Cl.Cl. The maximum Gasteiger partial charge on any atom is 0.224 e. The average molecular weight is 305 g/mol. The van der Waals surface area contributed by atoms with Gasteiger partial charge in [-0.05, 0) is 12.1 Å². The number of aromatic nitrogens is 2. The summed E-state index contributed by atoms with van der Waals surface area (Å²) in [7, 11) is 0. The molecule has 1 atom stereocenters. The molecular formula is C12H18Cl2N4O. The predicted molar refractivity (Wildman–Crippen MR) is 80.7 cm³/mol. The van der Waals surface area contributed by atoms with Crippen LogP contribution >= 0.6 is 24.8 Å². The summed E-state index contributed by atoms with van der Waals surface area (Å²) in [6.45, 7) is 2.55. The van der Waals surface area contributed by atoms with Crippen molar-refractivity contribution in [2.24, 2.45) is 11.7 Å². The Labute approximate surface area is 124 Å². The summed E-state index contributed by atoms with van der Waals surface area (Å²) in [5.74, 6) is 0.538. The molecule has 1 aromatic carbocycles. The molecule has 1 heterocycles. The number of para-hydroxylation sites is 2. The lowest BCUT2D eigenvalue weighted by atomic mass is 10.2. The number of carbonyl (C=O) groups is 1. The van der Waals surface area contributed by atoms with Crippen LogP contribution < -0.4 is 11.1 Å². The summed E-state index contributed by atoms with van der Waals surface area (Å²) in [6.07, 6.45) is 0. The number of imidazole rings is 1. The fourth-order valence-electron chi connectivity index (χ4n) is 1.54. The number of nitrogens with zero attached hydrogens (tertiary/aromatic N) is 1. The van der Waals surface area contributed by atoms with Crippen LogP contribution in [-0.2, 0) is 11.3 Å². The Balaban J connectivity index is 0.00000162. The van der Waals surface area contributed by atoms with Gasteiger partial charge in [-0.15, -0.1) is 24.8 Å². The maximum atomic E-state index is 11.5. The highest BCUT2D eigenvalue weighted by atomic mass is 35.5. The molecule has 0 spiro atoms. The minimum Gasteiger partial charge on any atom is -0.349 e. The van der Waals surface area contributed by atoms with Crippen LogP contribution in [0.3, 0.4) is 0 Å². The van der Waals surface area contributed by atoms with Gasteiger partial charge in [0.15, 0.2) is 0 Å². The maximum absolute atomic E-state index is 11.5. The van der Waals surface area contributed by atoms with E-state index in [1.165, 1.54) is 0 Å². The minimum atomic E-state index is -0.167. The number of carbonyl (C=O) groups excluding carboxylic acids is 1. The Morgan fingerprint density at radius 3 is 2.74 bits per heavy atom. The number of halogens is 2. The van der Waals surface area contributed by atoms with Crippen molar-refractivity contribution in [2.45, 2.75) is 13.5 Å². The molecule has 19 heavy (non-hydrogen) atoms. The molecule has 2 aromatic rings. The molecule has 1 amide bonds. The van der Waals surface area contributed by atoms with Crippen LogP contribution in [-0.4, -0.2) is 22.4 Å².